The molecule has 0 aromatic heterocycles. The molecule has 2 aromatic carbocycles. The first kappa shape index (κ1) is 18.8. The number of amides is 1. The summed E-state index contributed by atoms with van der Waals surface area (Å²) in [7, 11) is 0. The summed E-state index contributed by atoms with van der Waals surface area (Å²) in [6, 6.07) is 15.3. The Labute approximate surface area is 143 Å². The lowest BCUT2D eigenvalue weighted by atomic mass is 10.1. The molecule has 0 aliphatic heterocycles. The van der Waals surface area contributed by atoms with Crippen LogP contribution in [0.4, 0.5) is 5.69 Å². The van der Waals surface area contributed by atoms with Crippen LogP contribution in [-0.2, 0) is 17.6 Å². The van der Waals surface area contributed by atoms with E-state index in [1.807, 2.05) is 43.3 Å². The van der Waals surface area contributed by atoms with Crippen molar-refractivity contribution in [1.29, 1.82) is 0 Å². The van der Waals surface area contributed by atoms with E-state index in [2.05, 4.69) is 5.32 Å². The van der Waals surface area contributed by atoms with E-state index in [9.17, 15) is 4.79 Å². The summed E-state index contributed by atoms with van der Waals surface area (Å²) in [6.45, 7) is 3.20. The maximum absolute atomic E-state index is 11.9. The summed E-state index contributed by atoms with van der Waals surface area (Å²) in [6.07, 6.45) is 1.12. The Kier molecular flexibility index (Phi) is 7.98. The number of carbonyl (C=O) groups is 1. The Bertz CT molecular complexity index is 615. The number of hydrogen-bond donors (Lipinski definition) is 2. The van der Waals surface area contributed by atoms with Crippen LogP contribution in [0.1, 0.15) is 18.1 Å². The molecule has 3 N–H and O–H groups in total. The molecule has 2 rings (SSSR count). The Balaban J connectivity index is 0.00000264. The topological polar surface area (TPSA) is 64.3 Å². The van der Waals surface area contributed by atoms with Gasteiger partial charge >= 0.3 is 0 Å². The van der Waals surface area contributed by atoms with Crippen LogP contribution in [0.2, 0.25) is 0 Å². The lowest BCUT2D eigenvalue weighted by Crippen LogP contribution is -2.27. The molecule has 2 aromatic rings. The number of rotatable bonds is 7. The molecule has 4 nitrogen and oxygen atoms in total. The summed E-state index contributed by atoms with van der Waals surface area (Å²) >= 11 is 0. The third-order valence-electron chi connectivity index (χ3n) is 3.33. The van der Waals surface area contributed by atoms with Crippen LogP contribution in [-0.4, -0.2) is 19.1 Å². The van der Waals surface area contributed by atoms with E-state index in [4.69, 9.17) is 10.5 Å². The van der Waals surface area contributed by atoms with Gasteiger partial charge in [0.05, 0.1) is 13.0 Å². The quantitative estimate of drug-likeness (QED) is 0.765. The second-order valence-electron chi connectivity index (χ2n) is 5.06. The molecule has 0 fully saturated rings. The Hall–Kier alpha value is -2.20. The van der Waals surface area contributed by atoms with E-state index in [0.717, 1.165) is 23.3 Å². The molecule has 0 bridgehead atoms. The van der Waals surface area contributed by atoms with E-state index in [1.54, 1.807) is 12.1 Å². The molecular weight excluding hydrogens is 312 g/mol. The molecule has 0 spiro atoms. The van der Waals surface area contributed by atoms with Gasteiger partial charge < -0.3 is 15.8 Å². The second-order valence-corrected chi connectivity index (χ2v) is 5.06. The molecule has 23 heavy (non-hydrogen) atoms. The number of benzene rings is 2. The lowest BCUT2D eigenvalue weighted by Gasteiger charge is -2.10. The largest absolute Gasteiger partial charge is 0.494 e. The van der Waals surface area contributed by atoms with E-state index in [1.165, 1.54) is 0 Å². The van der Waals surface area contributed by atoms with Crippen molar-refractivity contribution in [2.24, 2.45) is 0 Å². The van der Waals surface area contributed by atoms with Crippen LogP contribution < -0.4 is 15.8 Å². The predicted molar refractivity (Wildman–Crippen MR) is 96.1 cm³/mol. The number of anilines is 1. The highest BCUT2D eigenvalue weighted by atomic mass is 35.5. The minimum Gasteiger partial charge on any atom is -0.494 e. The first-order chi connectivity index (χ1) is 10.7. The number of halogens is 1. The highest BCUT2D eigenvalue weighted by molar-refractivity contribution is 5.85. The highest BCUT2D eigenvalue weighted by Crippen LogP contribution is 2.18. The van der Waals surface area contributed by atoms with Crippen LogP contribution in [0, 0.1) is 0 Å². The van der Waals surface area contributed by atoms with Crippen LogP contribution in [0.15, 0.2) is 48.5 Å². The summed E-state index contributed by atoms with van der Waals surface area (Å²) < 4.78 is 5.58. The molecule has 0 aliphatic rings. The van der Waals surface area contributed by atoms with Crippen LogP contribution in [0.5, 0.6) is 5.75 Å². The van der Waals surface area contributed by atoms with Gasteiger partial charge in [0, 0.05) is 12.2 Å². The van der Waals surface area contributed by atoms with Crippen molar-refractivity contribution in [3.8, 4) is 5.75 Å². The molecule has 0 saturated carbocycles. The minimum absolute atomic E-state index is 0. The lowest BCUT2D eigenvalue weighted by molar-refractivity contribution is -0.120. The van der Waals surface area contributed by atoms with Crippen molar-refractivity contribution < 1.29 is 9.53 Å². The number of para-hydroxylation sites is 1. The molecule has 0 atom stereocenters. The highest BCUT2D eigenvalue weighted by Gasteiger charge is 2.05. The first-order valence-corrected chi connectivity index (χ1v) is 7.51. The zero-order valence-corrected chi connectivity index (χ0v) is 14.1. The minimum atomic E-state index is 0. The van der Waals surface area contributed by atoms with Gasteiger partial charge in [-0.05, 0) is 42.7 Å². The maximum atomic E-state index is 11.9. The SMILES string of the molecule is CCOc1ccccc1CCNC(=O)Cc1ccc(N)cc1.Cl. The third-order valence-corrected chi connectivity index (χ3v) is 3.33. The van der Waals surface area contributed by atoms with Crippen molar-refractivity contribution in [2.75, 3.05) is 18.9 Å². The zero-order chi connectivity index (χ0) is 15.8. The van der Waals surface area contributed by atoms with Crippen molar-refractivity contribution in [2.45, 2.75) is 19.8 Å². The monoisotopic (exact) mass is 334 g/mol. The van der Waals surface area contributed by atoms with Gasteiger partial charge in [-0.15, -0.1) is 12.4 Å². The van der Waals surface area contributed by atoms with Crippen LogP contribution in [0.3, 0.4) is 0 Å². The van der Waals surface area contributed by atoms with E-state index < -0.39 is 0 Å². The number of nitrogens with two attached hydrogens (primary N) is 1. The van der Waals surface area contributed by atoms with E-state index in [-0.39, 0.29) is 18.3 Å². The summed E-state index contributed by atoms with van der Waals surface area (Å²) in [5.74, 6) is 0.899. The smallest absolute Gasteiger partial charge is 0.224 e. The van der Waals surface area contributed by atoms with Crippen molar-refractivity contribution in [3.63, 3.8) is 0 Å². The average molecular weight is 335 g/mol. The number of nitrogen functional groups attached to an aromatic ring is 1. The fourth-order valence-corrected chi connectivity index (χ4v) is 2.23. The number of hydrogen-bond acceptors (Lipinski definition) is 3. The Morgan fingerprint density at radius 1 is 1.13 bits per heavy atom. The molecule has 0 radical (unpaired) electrons. The predicted octanol–water partition coefficient (Wildman–Crippen LogP) is 2.99. The standard InChI is InChI=1S/C18H22N2O2.ClH/c1-2-22-17-6-4-3-5-15(17)11-12-20-18(21)13-14-7-9-16(19)10-8-14;/h3-10H,2,11-13,19H2,1H3,(H,20,21);1H. The van der Waals surface area contributed by atoms with Gasteiger partial charge in [0.2, 0.25) is 5.91 Å². The van der Waals surface area contributed by atoms with E-state index in [0.29, 0.717) is 25.3 Å². The summed E-state index contributed by atoms with van der Waals surface area (Å²) in [5.41, 5.74) is 8.40. The Morgan fingerprint density at radius 2 is 1.83 bits per heavy atom. The van der Waals surface area contributed by atoms with Gasteiger partial charge in [-0.25, -0.2) is 0 Å². The van der Waals surface area contributed by atoms with Gasteiger partial charge in [-0.1, -0.05) is 30.3 Å². The molecule has 1 amide bonds. The first-order valence-electron chi connectivity index (χ1n) is 7.51. The normalized spacial score (nSPS) is 9.78. The number of ether oxygens (including phenoxy) is 1. The third kappa shape index (κ3) is 6.20. The molecule has 0 saturated heterocycles. The average Bonchev–Trinajstić information content (AvgIpc) is 2.51. The van der Waals surface area contributed by atoms with Crippen LogP contribution >= 0.6 is 12.4 Å². The van der Waals surface area contributed by atoms with Crippen molar-refractivity contribution in [1.82, 2.24) is 5.32 Å². The summed E-state index contributed by atoms with van der Waals surface area (Å²) in [5, 5.41) is 2.94. The molecule has 0 unspecified atom stereocenters. The van der Waals surface area contributed by atoms with E-state index >= 15 is 0 Å². The molecule has 0 aliphatic carbocycles. The fraction of sp³-hybridized carbons (Fsp3) is 0.278. The number of carbonyl (C=O) groups excluding carboxylic acids is 1. The molecular formula is C18H23ClN2O2. The van der Waals surface area contributed by atoms with Gasteiger partial charge in [0.25, 0.3) is 0 Å². The zero-order valence-electron chi connectivity index (χ0n) is 13.2. The van der Waals surface area contributed by atoms with Crippen molar-refractivity contribution >= 4 is 24.0 Å². The molecule has 124 valence electrons. The summed E-state index contributed by atoms with van der Waals surface area (Å²) in [4.78, 5) is 11.9. The second kappa shape index (κ2) is 9.74. The molecule has 5 heteroatoms. The molecule has 0 heterocycles. The fourth-order valence-electron chi connectivity index (χ4n) is 2.23. The van der Waals surface area contributed by atoms with Crippen molar-refractivity contribution in [3.05, 3.63) is 59.7 Å². The van der Waals surface area contributed by atoms with Gasteiger partial charge in [-0.3, -0.25) is 4.79 Å². The maximum Gasteiger partial charge on any atom is 0.224 e. The van der Waals surface area contributed by atoms with Gasteiger partial charge in [0.15, 0.2) is 0 Å². The Morgan fingerprint density at radius 3 is 2.52 bits per heavy atom. The van der Waals surface area contributed by atoms with Gasteiger partial charge in [0.1, 0.15) is 5.75 Å². The number of nitrogens with one attached hydrogen (secondary N) is 1. The van der Waals surface area contributed by atoms with Gasteiger partial charge in [-0.2, -0.15) is 0 Å². The van der Waals surface area contributed by atoms with Crippen LogP contribution in [0.25, 0.3) is 0 Å².